The first-order valence-electron chi connectivity index (χ1n) is 8.20. The van der Waals surface area contributed by atoms with Gasteiger partial charge in [0.05, 0.1) is 20.6 Å². The molecule has 0 spiro atoms. The molecular formula is C18H15ClN3O3PS. The molecule has 0 N–H and O–H groups in total. The van der Waals surface area contributed by atoms with Crippen molar-refractivity contribution in [1.29, 1.82) is 0 Å². The molecule has 0 saturated carbocycles. The molecule has 0 atom stereocenters. The van der Waals surface area contributed by atoms with Gasteiger partial charge >= 0.3 is 0 Å². The summed E-state index contributed by atoms with van der Waals surface area (Å²) < 4.78 is 33.3. The number of halogens is 1. The average Bonchev–Trinajstić information content (AvgIpc) is 3.33. The van der Waals surface area contributed by atoms with Crippen LogP contribution in [0.2, 0.25) is 5.02 Å². The topological polar surface area (TPSA) is 73.6 Å². The Labute approximate surface area is 163 Å². The van der Waals surface area contributed by atoms with Crippen molar-refractivity contribution in [3.8, 4) is 16.9 Å². The lowest BCUT2D eigenvalue weighted by Crippen LogP contribution is -2.16. The third-order valence-electron chi connectivity index (χ3n) is 3.94. The first kappa shape index (κ1) is 18.2. The minimum Gasteiger partial charge on any atom is -0.478 e. The molecule has 0 fully saturated rings. The molecule has 2 heterocycles. The van der Waals surface area contributed by atoms with Gasteiger partial charge in [0.1, 0.15) is 22.7 Å². The number of aliphatic imine (C=N–C) groups is 1. The van der Waals surface area contributed by atoms with Gasteiger partial charge in [-0.1, -0.05) is 41.9 Å². The van der Waals surface area contributed by atoms with E-state index in [1.54, 1.807) is 28.7 Å². The van der Waals surface area contributed by atoms with Crippen LogP contribution in [0.4, 0.5) is 0 Å². The van der Waals surface area contributed by atoms with E-state index in [0.717, 1.165) is 5.69 Å². The molecule has 4 rings (SSSR count). The van der Waals surface area contributed by atoms with Gasteiger partial charge in [0, 0.05) is 10.6 Å². The van der Waals surface area contributed by atoms with Crippen LogP contribution < -0.4 is 0 Å². The second-order valence-corrected chi connectivity index (χ2v) is 9.56. The Kier molecular flexibility index (Phi) is 5.00. The quantitative estimate of drug-likeness (QED) is 0.627. The van der Waals surface area contributed by atoms with Gasteiger partial charge in [-0.05, 0) is 24.3 Å². The lowest BCUT2D eigenvalue weighted by atomic mass is 10.2. The predicted molar refractivity (Wildman–Crippen MR) is 107 cm³/mol. The maximum Gasteiger partial charge on any atom is 0.199 e. The molecule has 3 aromatic rings. The molecule has 27 heavy (non-hydrogen) atoms. The number of rotatable bonds is 5. The Balaban J connectivity index is 1.83. The van der Waals surface area contributed by atoms with Crippen LogP contribution in [-0.2, 0) is 14.6 Å². The monoisotopic (exact) mass is 419 g/mol. The molecule has 1 aliphatic rings. The maximum absolute atomic E-state index is 13.1. The van der Waals surface area contributed by atoms with Gasteiger partial charge in [-0.2, -0.15) is 5.10 Å². The summed E-state index contributed by atoms with van der Waals surface area (Å²) in [7, 11) is -3.18. The van der Waals surface area contributed by atoms with Crippen molar-refractivity contribution in [1.82, 2.24) is 9.54 Å². The predicted octanol–water partition coefficient (Wildman–Crippen LogP) is 3.98. The van der Waals surface area contributed by atoms with Crippen LogP contribution in [0, 0.1) is 0 Å². The van der Waals surface area contributed by atoms with Crippen LogP contribution in [0.3, 0.4) is 0 Å². The number of benzene rings is 2. The van der Waals surface area contributed by atoms with Crippen molar-refractivity contribution < 1.29 is 13.2 Å². The Morgan fingerprint density at radius 1 is 1.11 bits per heavy atom. The number of nitrogens with zero attached hydrogens (tertiary/aromatic N) is 3. The van der Waals surface area contributed by atoms with E-state index in [2.05, 4.69) is 10.1 Å². The average molecular weight is 420 g/mol. The van der Waals surface area contributed by atoms with E-state index >= 15 is 0 Å². The summed E-state index contributed by atoms with van der Waals surface area (Å²) >= 11 is 5.97. The third kappa shape index (κ3) is 3.90. The highest BCUT2D eigenvalue weighted by atomic mass is 35.5. The smallest absolute Gasteiger partial charge is 0.199 e. The number of ether oxygens (including phenoxy) is 1. The van der Waals surface area contributed by atoms with E-state index in [0.29, 0.717) is 37.8 Å². The standard InChI is InChI=1S/C18H15ClN3O3PS/c19-14-8-6-13(7-9-14)17-18(27(23,24)12-16-20-10-11-25-16)26-22(21-17)15-4-2-1-3-5-15/h1-9H,10-12H2. The molecular weight excluding hydrogens is 405 g/mol. The van der Waals surface area contributed by atoms with Crippen LogP contribution in [0.5, 0.6) is 0 Å². The second-order valence-electron chi connectivity index (χ2n) is 5.87. The Hall–Kier alpha value is -2.21. The first-order chi connectivity index (χ1) is 13.0. The highest BCUT2D eigenvalue weighted by molar-refractivity contribution is 7.94. The normalized spacial score (nSPS) is 14.3. The van der Waals surface area contributed by atoms with Gasteiger partial charge in [0.2, 0.25) is 0 Å². The number of aromatic nitrogens is 2. The Morgan fingerprint density at radius 3 is 2.52 bits per heavy atom. The van der Waals surface area contributed by atoms with Crippen molar-refractivity contribution in [2.45, 2.75) is 4.63 Å². The van der Waals surface area contributed by atoms with Gasteiger partial charge in [-0.25, -0.2) is 12.9 Å². The molecule has 1 aromatic heterocycles. The molecule has 138 valence electrons. The second kappa shape index (κ2) is 7.43. The van der Waals surface area contributed by atoms with Crippen molar-refractivity contribution in [2.75, 3.05) is 18.9 Å². The molecule has 0 radical (unpaired) electrons. The van der Waals surface area contributed by atoms with E-state index in [9.17, 15) is 8.42 Å². The molecule has 2 aromatic carbocycles. The van der Waals surface area contributed by atoms with Gasteiger partial charge in [-0.15, -0.1) is 0 Å². The summed E-state index contributed by atoms with van der Waals surface area (Å²) in [6, 6.07) is 16.4. The van der Waals surface area contributed by atoms with Gasteiger partial charge in [0.15, 0.2) is 15.7 Å². The lowest BCUT2D eigenvalue weighted by Gasteiger charge is -2.04. The SMILES string of the molecule is O=S(=O)(CC1=NCCO1)c1pn(-c2ccccc2)nc1-c1ccc(Cl)cc1. The van der Waals surface area contributed by atoms with Gasteiger partial charge in [-0.3, -0.25) is 4.99 Å². The first-order valence-corrected chi connectivity index (χ1v) is 11.1. The highest BCUT2D eigenvalue weighted by Crippen LogP contribution is 2.35. The molecule has 1 aliphatic heterocycles. The van der Waals surface area contributed by atoms with Crippen molar-refractivity contribution in [3.05, 3.63) is 59.6 Å². The van der Waals surface area contributed by atoms with Crippen LogP contribution in [0.25, 0.3) is 16.9 Å². The van der Waals surface area contributed by atoms with E-state index in [4.69, 9.17) is 16.3 Å². The molecule has 0 unspecified atom stereocenters. The van der Waals surface area contributed by atoms with Crippen molar-refractivity contribution >= 4 is 35.7 Å². The fourth-order valence-electron chi connectivity index (χ4n) is 2.67. The zero-order valence-electron chi connectivity index (χ0n) is 14.1. The van der Waals surface area contributed by atoms with Gasteiger partial charge in [0.25, 0.3) is 0 Å². The minimum absolute atomic E-state index is 0.229. The number of hydrogen-bond acceptors (Lipinski definition) is 5. The summed E-state index contributed by atoms with van der Waals surface area (Å²) in [6.45, 7) is 0.915. The van der Waals surface area contributed by atoms with Crippen LogP contribution >= 0.6 is 20.0 Å². The maximum atomic E-state index is 13.1. The van der Waals surface area contributed by atoms with Crippen molar-refractivity contribution in [2.24, 2.45) is 4.99 Å². The van der Waals surface area contributed by atoms with E-state index in [-0.39, 0.29) is 16.3 Å². The van der Waals surface area contributed by atoms with Crippen LogP contribution in [-0.4, -0.2) is 42.8 Å². The number of hydrogen-bond donors (Lipinski definition) is 0. The fraction of sp³-hybridized carbons (Fsp3) is 0.167. The van der Waals surface area contributed by atoms with Gasteiger partial charge < -0.3 is 4.74 Å². The Morgan fingerprint density at radius 2 is 1.85 bits per heavy atom. The summed E-state index contributed by atoms with van der Waals surface area (Å²) in [5.41, 5.74) is 1.92. The summed E-state index contributed by atoms with van der Waals surface area (Å²) in [4.78, 5) is 4.11. The molecule has 0 saturated heterocycles. The molecule has 0 aliphatic carbocycles. The Bertz CT molecular complexity index is 1100. The minimum atomic E-state index is -3.65. The highest BCUT2D eigenvalue weighted by Gasteiger charge is 2.28. The summed E-state index contributed by atoms with van der Waals surface area (Å²) in [6.07, 6.45) is 0. The molecule has 6 nitrogen and oxygen atoms in total. The molecule has 0 amide bonds. The number of para-hydroxylation sites is 1. The van der Waals surface area contributed by atoms with Crippen LogP contribution in [0.15, 0.2) is 64.2 Å². The zero-order valence-corrected chi connectivity index (χ0v) is 16.6. The van der Waals surface area contributed by atoms with Crippen LogP contribution in [0.1, 0.15) is 0 Å². The van der Waals surface area contributed by atoms with Crippen molar-refractivity contribution in [3.63, 3.8) is 0 Å². The summed E-state index contributed by atoms with van der Waals surface area (Å²) in [5, 5.41) is 5.15. The van der Waals surface area contributed by atoms with E-state index < -0.39 is 9.84 Å². The summed E-state index contributed by atoms with van der Waals surface area (Å²) in [5.74, 6) is -0.00350. The fourth-order valence-corrected chi connectivity index (χ4v) is 5.63. The largest absolute Gasteiger partial charge is 0.478 e. The molecule has 9 heteroatoms. The van der Waals surface area contributed by atoms with E-state index in [1.807, 2.05) is 30.3 Å². The lowest BCUT2D eigenvalue weighted by molar-refractivity contribution is 0.345. The number of sulfone groups is 1. The zero-order chi connectivity index (χ0) is 18.9. The molecule has 0 bridgehead atoms. The third-order valence-corrected chi connectivity index (χ3v) is 7.59. The van der Waals surface area contributed by atoms with E-state index in [1.165, 1.54) is 0 Å².